The van der Waals surface area contributed by atoms with Crippen molar-refractivity contribution in [1.82, 2.24) is 9.55 Å². The molecule has 10 rings (SSSR count). The highest BCUT2D eigenvalue weighted by molar-refractivity contribution is 6.09. The lowest BCUT2D eigenvalue weighted by molar-refractivity contribution is 0.483. The second kappa shape index (κ2) is 17.4. The average molecular weight is 907 g/mol. The van der Waals surface area contributed by atoms with Crippen LogP contribution < -0.4 is 14.5 Å². The van der Waals surface area contributed by atoms with Crippen LogP contribution in [-0.4, -0.2) is 16.2 Å². The first-order chi connectivity index (χ1) is 32.9. The molecule has 0 unspecified atom stereocenters. The normalized spacial score (nSPS) is 13.1. The van der Waals surface area contributed by atoms with E-state index in [0.29, 0.717) is 18.5 Å². The van der Waals surface area contributed by atoms with E-state index in [4.69, 9.17) is 9.72 Å². The number of nitrogens with zero attached hydrogens (tertiary/aromatic N) is 4. The Labute approximate surface area is 410 Å². The van der Waals surface area contributed by atoms with E-state index in [1.54, 1.807) is 0 Å². The topological polar surface area (TPSA) is 33.5 Å². The number of aryl methyl sites for hydroxylation is 2. The summed E-state index contributed by atoms with van der Waals surface area (Å²) in [5, 5.41) is 2.35. The summed E-state index contributed by atoms with van der Waals surface area (Å²) >= 11 is 0. The van der Waals surface area contributed by atoms with Crippen molar-refractivity contribution < 1.29 is 4.74 Å². The number of hydrogen-bond donors (Lipinski definition) is 0. The van der Waals surface area contributed by atoms with E-state index in [-0.39, 0.29) is 10.8 Å². The van der Waals surface area contributed by atoms with Crippen LogP contribution in [0.1, 0.15) is 114 Å². The van der Waals surface area contributed by atoms with Gasteiger partial charge >= 0.3 is 0 Å². The molecule has 1 aliphatic heterocycles. The number of rotatable bonds is 9. The highest BCUT2D eigenvalue weighted by Crippen LogP contribution is 2.49. The number of aromatic nitrogens is 2. The van der Waals surface area contributed by atoms with Crippen LogP contribution in [0.15, 0.2) is 158 Å². The molecule has 0 spiro atoms. The molecule has 0 saturated heterocycles. The van der Waals surface area contributed by atoms with Gasteiger partial charge in [0.25, 0.3) is 0 Å². The fourth-order valence-electron chi connectivity index (χ4n) is 10.2. The van der Waals surface area contributed by atoms with Gasteiger partial charge in [0.1, 0.15) is 24.0 Å². The van der Waals surface area contributed by atoms with E-state index in [2.05, 4.69) is 249 Å². The third kappa shape index (κ3) is 8.58. The maximum atomic E-state index is 7.20. The quantitative estimate of drug-likeness (QED) is 0.144. The van der Waals surface area contributed by atoms with E-state index < -0.39 is 0 Å². The van der Waals surface area contributed by atoms with E-state index in [1.165, 1.54) is 72.5 Å². The van der Waals surface area contributed by atoms with Crippen molar-refractivity contribution >= 4 is 44.6 Å². The van der Waals surface area contributed by atoms with Crippen LogP contribution in [0.2, 0.25) is 0 Å². The van der Waals surface area contributed by atoms with Crippen molar-refractivity contribution in [3.05, 3.63) is 191 Å². The van der Waals surface area contributed by atoms with Gasteiger partial charge in [0, 0.05) is 40.5 Å². The van der Waals surface area contributed by atoms with Crippen LogP contribution in [-0.2, 0) is 10.8 Å². The molecule has 2 aromatic heterocycles. The summed E-state index contributed by atoms with van der Waals surface area (Å²) in [5.74, 6) is 3.10. The van der Waals surface area contributed by atoms with Crippen LogP contribution in [0.25, 0.3) is 49.9 Å². The molecule has 0 N–H and O–H groups in total. The molecular formula is C64H66N4O. The van der Waals surface area contributed by atoms with Crippen LogP contribution in [0.5, 0.6) is 11.5 Å². The first-order valence-electron chi connectivity index (χ1n) is 24.8. The highest BCUT2D eigenvalue weighted by atomic mass is 16.5. The lowest BCUT2D eigenvalue weighted by Crippen LogP contribution is -2.24. The Kier molecular flexibility index (Phi) is 11.5. The van der Waals surface area contributed by atoms with Crippen molar-refractivity contribution in [2.75, 3.05) is 16.5 Å². The molecule has 5 heteroatoms. The summed E-state index contributed by atoms with van der Waals surface area (Å²) in [5.41, 5.74) is 19.4. The lowest BCUT2D eigenvalue weighted by Gasteiger charge is -2.27. The average Bonchev–Trinajstić information content (AvgIpc) is 3.86. The maximum Gasteiger partial charge on any atom is 0.137 e. The molecule has 9 aromatic rings. The van der Waals surface area contributed by atoms with Gasteiger partial charge in [0.05, 0.1) is 22.4 Å². The van der Waals surface area contributed by atoms with Gasteiger partial charge in [-0.1, -0.05) is 142 Å². The molecule has 0 aliphatic carbocycles. The maximum absolute atomic E-state index is 7.20. The molecule has 0 bridgehead atoms. The minimum absolute atomic E-state index is 0.0248. The van der Waals surface area contributed by atoms with Gasteiger partial charge < -0.3 is 14.5 Å². The van der Waals surface area contributed by atoms with Crippen LogP contribution >= 0.6 is 0 Å². The molecule has 0 atom stereocenters. The third-order valence-electron chi connectivity index (χ3n) is 14.2. The Morgan fingerprint density at radius 2 is 1.10 bits per heavy atom. The summed E-state index contributed by atoms with van der Waals surface area (Å²) in [7, 11) is 0. The number of ether oxygens (including phenoxy) is 1. The SMILES string of the molecule is Cc1cc2c(cc1C)N(c1cc(-c3ccccc3)cc(C(C)(C)C)c1)CN2c1cc(Oc2ccc3c4ccccc4n(-c4cc(C(C)(C)C)ccn4)c3c2)cc(-c2c(C(C)C)cccc2C(C)C)c1. The molecule has 3 heterocycles. The fourth-order valence-corrected chi connectivity index (χ4v) is 10.2. The van der Waals surface area contributed by atoms with Crippen LogP contribution in [0.4, 0.5) is 22.7 Å². The molecule has 7 aromatic carbocycles. The van der Waals surface area contributed by atoms with Gasteiger partial charge in [0.15, 0.2) is 0 Å². The monoisotopic (exact) mass is 907 g/mol. The number of anilines is 4. The van der Waals surface area contributed by atoms with Crippen LogP contribution in [0, 0.1) is 13.8 Å². The molecule has 0 fully saturated rings. The van der Waals surface area contributed by atoms with Crippen molar-refractivity contribution in [3.8, 4) is 39.6 Å². The first kappa shape index (κ1) is 45.7. The lowest BCUT2D eigenvalue weighted by atomic mass is 9.85. The van der Waals surface area contributed by atoms with Gasteiger partial charge in [-0.05, 0) is 159 Å². The number of para-hydroxylation sites is 1. The zero-order valence-corrected chi connectivity index (χ0v) is 42.6. The Morgan fingerprint density at radius 1 is 0.493 bits per heavy atom. The van der Waals surface area contributed by atoms with E-state index in [1.807, 2.05) is 6.20 Å². The van der Waals surface area contributed by atoms with E-state index >= 15 is 0 Å². The summed E-state index contributed by atoms with van der Waals surface area (Å²) in [6.45, 7) is 28.0. The van der Waals surface area contributed by atoms with Gasteiger partial charge in [-0.2, -0.15) is 0 Å². The molecule has 0 amide bonds. The van der Waals surface area contributed by atoms with Gasteiger partial charge in [0.2, 0.25) is 0 Å². The van der Waals surface area contributed by atoms with Crippen molar-refractivity contribution in [2.45, 2.75) is 106 Å². The van der Waals surface area contributed by atoms with Gasteiger partial charge in [-0.3, -0.25) is 4.57 Å². The predicted molar refractivity (Wildman–Crippen MR) is 293 cm³/mol. The highest BCUT2D eigenvalue weighted by Gasteiger charge is 2.32. The molecule has 348 valence electrons. The Balaban J connectivity index is 1.16. The van der Waals surface area contributed by atoms with Crippen LogP contribution in [0.3, 0.4) is 0 Å². The molecular weight excluding hydrogens is 841 g/mol. The predicted octanol–water partition coefficient (Wildman–Crippen LogP) is 18.0. The smallest absolute Gasteiger partial charge is 0.137 e. The third-order valence-corrected chi connectivity index (χ3v) is 14.2. The standard InChI is InChI=1S/C64H66N4O/c1-40(2)53-22-18-23-54(41(3)4)62(53)46-33-50(67-39-66(59-29-42(5)43(6)30-60(59)67)49-32-45(44-19-14-13-15-20-44)31-48(35-49)64(10,11)12)37-52(34-46)69-51-25-26-56-55-21-16-17-24-57(55)68(58(56)38-51)61-36-47(27-28-65-61)63(7,8)9/h13-38,40-41H,39H2,1-12H3. The van der Waals surface area contributed by atoms with E-state index in [0.717, 1.165) is 45.0 Å². The molecule has 0 saturated carbocycles. The number of hydrogen-bond acceptors (Lipinski definition) is 4. The number of benzene rings is 7. The summed E-state index contributed by atoms with van der Waals surface area (Å²) in [6.07, 6.45) is 1.94. The molecule has 69 heavy (non-hydrogen) atoms. The van der Waals surface area contributed by atoms with Gasteiger partial charge in [-0.25, -0.2) is 4.98 Å². The van der Waals surface area contributed by atoms with E-state index in [9.17, 15) is 0 Å². The Morgan fingerprint density at radius 3 is 1.75 bits per heavy atom. The fraction of sp³-hybridized carbons (Fsp3) is 0.266. The zero-order chi connectivity index (χ0) is 48.5. The molecule has 5 nitrogen and oxygen atoms in total. The minimum Gasteiger partial charge on any atom is -0.457 e. The number of pyridine rings is 1. The Hall–Kier alpha value is -7.11. The van der Waals surface area contributed by atoms with Crippen molar-refractivity contribution in [1.29, 1.82) is 0 Å². The summed E-state index contributed by atoms with van der Waals surface area (Å²) in [6, 6.07) is 56.0. The zero-order valence-electron chi connectivity index (χ0n) is 42.6. The second-order valence-corrected chi connectivity index (χ2v) is 21.9. The summed E-state index contributed by atoms with van der Waals surface area (Å²) < 4.78 is 9.49. The Bertz CT molecular complexity index is 3370. The molecule has 1 aliphatic rings. The minimum atomic E-state index is -0.0478. The summed E-state index contributed by atoms with van der Waals surface area (Å²) in [4.78, 5) is 9.96. The second-order valence-electron chi connectivity index (χ2n) is 21.9. The number of fused-ring (bicyclic) bond motifs is 4. The van der Waals surface area contributed by atoms with Crippen molar-refractivity contribution in [3.63, 3.8) is 0 Å². The van der Waals surface area contributed by atoms with Gasteiger partial charge in [-0.15, -0.1) is 0 Å². The first-order valence-corrected chi connectivity index (χ1v) is 24.8. The molecule has 0 radical (unpaired) electrons. The largest absolute Gasteiger partial charge is 0.457 e. The van der Waals surface area contributed by atoms with Crippen molar-refractivity contribution in [2.24, 2.45) is 0 Å².